The Balaban J connectivity index is 2.25. The third-order valence-corrected chi connectivity index (χ3v) is 3.76. The van der Waals surface area contributed by atoms with Crippen molar-refractivity contribution in [3.8, 4) is 0 Å². The van der Waals surface area contributed by atoms with E-state index in [1.807, 2.05) is 11.9 Å². The first-order valence-corrected chi connectivity index (χ1v) is 6.36. The minimum Gasteiger partial charge on any atom is -0.345 e. The Morgan fingerprint density at radius 1 is 1.50 bits per heavy atom. The molecule has 0 N–H and O–H groups in total. The van der Waals surface area contributed by atoms with Crippen molar-refractivity contribution in [2.45, 2.75) is 46.5 Å². The lowest BCUT2D eigenvalue weighted by atomic mass is 10.0. The highest BCUT2D eigenvalue weighted by Crippen LogP contribution is 2.54. The fourth-order valence-electron chi connectivity index (χ4n) is 2.38. The van der Waals surface area contributed by atoms with Crippen molar-refractivity contribution in [1.82, 2.24) is 4.90 Å². The molecule has 0 spiro atoms. The van der Waals surface area contributed by atoms with Crippen molar-refractivity contribution in [3.05, 3.63) is 12.2 Å². The summed E-state index contributed by atoms with van der Waals surface area (Å²) >= 11 is 0. The highest BCUT2D eigenvalue weighted by molar-refractivity contribution is 5.72. The van der Waals surface area contributed by atoms with Gasteiger partial charge in [0, 0.05) is 20.5 Å². The summed E-state index contributed by atoms with van der Waals surface area (Å²) in [6.07, 6.45) is 9.41. The number of hydrogen-bond donors (Lipinski definition) is 0. The molecule has 0 aromatic rings. The van der Waals surface area contributed by atoms with Gasteiger partial charge in [-0.1, -0.05) is 26.0 Å². The van der Waals surface area contributed by atoms with E-state index in [0.29, 0.717) is 5.41 Å². The van der Waals surface area contributed by atoms with Crippen molar-refractivity contribution in [1.29, 1.82) is 0 Å². The van der Waals surface area contributed by atoms with Crippen LogP contribution in [0.5, 0.6) is 0 Å². The van der Waals surface area contributed by atoms with Crippen LogP contribution in [0, 0.1) is 11.3 Å². The maximum atomic E-state index is 11.2. The average molecular weight is 223 g/mol. The normalized spacial score (nSPS) is 28.4. The van der Waals surface area contributed by atoms with Crippen molar-refractivity contribution in [3.63, 3.8) is 0 Å². The van der Waals surface area contributed by atoms with E-state index < -0.39 is 0 Å². The summed E-state index contributed by atoms with van der Waals surface area (Å²) in [5.41, 5.74) is 0.389. The van der Waals surface area contributed by atoms with Crippen LogP contribution in [0.15, 0.2) is 12.2 Å². The molecule has 1 aliphatic rings. The van der Waals surface area contributed by atoms with Crippen molar-refractivity contribution in [2.75, 3.05) is 13.6 Å². The molecule has 0 heterocycles. The molecule has 2 atom stereocenters. The summed E-state index contributed by atoms with van der Waals surface area (Å²) in [6.45, 7) is 7.04. The molecule has 0 aromatic heterocycles. The second-order valence-electron chi connectivity index (χ2n) is 5.39. The first-order valence-electron chi connectivity index (χ1n) is 6.36. The SMILES string of the molecule is CCC=CCCC1CC1(C)CN(C)C(C)=O. The summed E-state index contributed by atoms with van der Waals surface area (Å²) in [7, 11) is 1.90. The summed E-state index contributed by atoms with van der Waals surface area (Å²) in [5, 5.41) is 0. The molecule has 0 bridgehead atoms. The van der Waals surface area contributed by atoms with E-state index in [2.05, 4.69) is 26.0 Å². The fraction of sp³-hybridized carbons (Fsp3) is 0.786. The second kappa shape index (κ2) is 5.51. The molecule has 2 nitrogen and oxygen atoms in total. The lowest BCUT2D eigenvalue weighted by Crippen LogP contribution is -2.30. The number of amides is 1. The maximum Gasteiger partial charge on any atom is 0.219 e. The Labute approximate surface area is 99.7 Å². The molecule has 2 unspecified atom stereocenters. The molecule has 1 rings (SSSR count). The second-order valence-corrected chi connectivity index (χ2v) is 5.39. The van der Waals surface area contributed by atoms with Crippen LogP contribution in [0.4, 0.5) is 0 Å². The number of hydrogen-bond acceptors (Lipinski definition) is 1. The third-order valence-electron chi connectivity index (χ3n) is 3.76. The Bertz CT molecular complexity index is 272. The molecule has 0 aliphatic heterocycles. The highest BCUT2D eigenvalue weighted by Gasteiger charge is 2.49. The standard InChI is InChI=1S/C14H25NO/c1-5-6-7-8-9-13-10-14(13,3)11-15(4)12(2)16/h6-7,13H,5,8-11H2,1-4H3. The smallest absolute Gasteiger partial charge is 0.219 e. The summed E-state index contributed by atoms with van der Waals surface area (Å²) in [6, 6.07) is 0. The van der Waals surface area contributed by atoms with Crippen molar-refractivity contribution in [2.24, 2.45) is 11.3 Å². The van der Waals surface area contributed by atoms with Gasteiger partial charge in [0.1, 0.15) is 0 Å². The molecule has 1 saturated carbocycles. The van der Waals surface area contributed by atoms with Gasteiger partial charge in [-0.3, -0.25) is 4.79 Å². The summed E-state index contributed by atoms with van der Waals surface area (Å²) in [4.78, 5) is 13.0. The van der Waals surface area contributed by atoms with Crippen molar-refractivity contribution >= 4 is 5.91 Å². The van der Waals surface area contributed by atoms with E-state index in [4.69, 9.17) is 0 Å². The number of carbonyl (C=O) groups excluding carboxylic acids is 1. The third kappa shape index (κ3) is 3.66. The Hall–Kier alpha value is -0.790. The first-order chi connectivity index (χ1) is 7.49. The summed E-state index contributed by atoms with van der Waals surface area (Å²) in [5.74, 6) is 0.994. The molecule has 1 aliphatic carbocycles. The zero-order valence-electron chi connectivity index (χ0n) is 11.1. The molecule has 92 valence electrons. The zero-order chi connectivity index (χ0) is 12.2. The Kier molecular flexibility index (Phi) is 4.57. The van der Waals surface area contributed by atoms with Gasteiger partial charge in [0.05, 0.1) is 0 Å². The van der Waals surface area contributed by atoms with Crippen LogP contribution in [0.25, 0.3) is 0 Å². The highest BCUT2D eigenvalue weighted by atomic mass is 16.2. The molecule has 1 amide bonds. The number of nitrogens with zero attached hydrogens (tertiary/aromatic N) is 1. The van der Waals surface area contributed by atoms with Gasteiger partial charge in [-0.15, -0.1) is 0 Å². The van der Waals surface area contributed by atoms with Gasteiger partial charge in [0.25, 0.3) is 0 Å². The topological polar surface area (TPSA) is 20.3 Å². The molecular weight excluding hydrogens is 198 g/mol. The van der Waals surface area contributed by atoms with Gasteiger partial charge in [0.2, 0.25) is 5.91 Å². The van der Waals surface area contributed by atoms with Crippen LogP contribution >= 0.6 is 0 Å². The minimum absolute atomic E-state index is 0.178. The van der Waals surface area contributed by atoms with Crippen LogP contribution in [0.1, 0.15) is 46.5 Å². The Morgan fingerprint density at radius 3 is 2.75 bits per heavy atom. The monoisotopic (exact) mass is 223 g/mol. The number of allylic oxidation sites excluding steroid dienone is 2. The quantitative estimate of drug-likeness (QED) is 0.633. The van der Waals surface area contributed by atoms with E-state index >= 15 is 0 Å². The van der Waals surface area contributed by atoms with E-state index in [0.717, 1.165) is 18.9 Å². The van der Waals surface area contributed by atoms with Gasteiger partial charge in [-0.2, -0.15) is 0 Å². The van der Waals surface area contributed by atoms with Gasteiger partial charge in [0.15, 0.2) is 0 Å². The molecule has 0 saturated heterocycles. The summed E-state index contributed by atoms with van der Waals surface area (Å²) < 4.78 is 0. The molecule has 0 radical (unpaired) electrons. The van der Waals surface area contributed by atoms with Gasteiger partial charge < -0.3 is 4.90 Å². The van der Waals surface area contributed by atoms with Crippen LogP contribution in [0.2, 0.25) is 0 Å². The van der Waals surface area contributed by atoms with E-state index in [1.165, 1.54) is 19.3 Å². The predicted octanol–water partition coefficient (Wildman–Crippen LogP) is 3.24. The lowest BCUT2D eigenvalue weighted by molar-refractivity contribution is -0.128. The molecule has 2 heteroatoms. The molecule has 0 aromatic carbocycles. The van der Waals surface area contributed by atoms with Crippen molar-refractivity contribution < 1.29 is 4.79 Å². The van der Waals surface area contributed by atoms with E-state index in [9.17, 15) is 4.79 Å². The van der Waals surface area contributed by atoms with E-state index in [1.54, 1.807) is 6.92 Å². The molecule has 16 heavy (non-hydrogen) atoms. The van der Waals surface area contributed by atoms with Crippen LogP contribution in [-0.2, 0) is 4.79 Å². The number of rotatable bonds is 6. The molecular formula is C14H25NO. The fourth-order valence-corrected chi connectivity index (χ4v) is 2.38. The van der Waals surface area contributed by atoms with E-state index in [-0.39, 0.29) is 5.91 Å². The van der Waals surface area contributed by atoms with Crippen LogP contribution in [-0.4, -0.2) is 24.4 Å². The maximum absolute atomic E-state index is 11.2. The van der Waals surface area contributed by atoms with Crippen LogP contribution in [0.3, 0.4) is 0 Å². The minimum atomic E-state index is 0.178. The lowest BCUT2D eigenvalue weighted by Gasteiger charge is -2.20. The average Bonchev–Trinajstić information content (AvgIpc) is 2.84. The van der Waals surface area contributed by atoms with Gasteiger partial charge in [-0.25, -0.2) is 0 Å². The van der Waals surface area contributed by atoms with Gasteiger partial charge in [-0.05, 0) is 37.0 Å². The zero-order valence-corrected chi connectivity index (χ0v) is 11.1. The Morgan fingerprint density at radius 2 is 2.19 bits per heavy atom. The predicted molar refractivity (Wildman–Crippen MR) is 68.2 cm³/mol. The van der Waals surface area contributed by atoms with Gasteiger partial charge >= 0.3 is 0 Å². The van der Waals surface area contributed by atoms with Crippen LogP contribution < -0.4 is 0 Å². The first kappa shape index (κ1) is 13.3. The number of carbonyl (C=O) groups is 1. The largest absolute Gasteiger partial charge is 0.345 e. The molecule has 1 fully saturated rings.